The van der Waals surface area contributed by atoms with Gasteiger partial charge in [-0.15, -0.1) is 0 Å². The van der Waals surface area contributed by atoms with Crippen LogP contribution >= 0.6 is 0 Å². The van der Waals surface area contributed by atoms with E-state index in [2.05, 4.69) is 20.9 Å². The first-order valence-corrected chi connectivity index (χ1v) is 15.0. The summed E-state index contributed by atoms with van der Waals surface area (Å²) in [5, 5.41) is 9.00. The number of hydrogen-bond donors (Lipinski definition) is 3. The van der Waals surface area contributed by atoms with Crippen molar-refractivity contribution in [3.8, 4) is 11.4 Å². The predicted molar refractivity (Wildman–Crippen MR) is 164 cm³/mol. The molecule has 3 aromatic rings. The first-order chi connectivity index (χ1) is 21.0. The number of rotatable bonds is 6. The lowest BCUT2D eigenvalue weighted by Gasteiger charge is -2.34. The summed E-state index contributed by atoms with van der Waals surface area (Å²) in [4.78, 5) is 44.1. The van der Waals surface area contributed by atoms with Crippen LogP contribution in [0.3, 0.4) is 0 Å². The molecule has 226 valence electrons. The average Bonchev–Trinajstić information content (AvgIpc) is 3.06. The van der Waals surface area contributed by atoms with E-state index < -0.39 is 0 Å². The second-order valence-corrected chi connectivity index (χ2v) is 11.1. The van der Waals surface area contributed by atoms with Crippen LogP contribution < -0.4 is 20.9 Å². The van der Waals surface area contributed by atoms with Gasteiger partial charge in [0.2, 0.25) is 5.95 Å². The maximum Gasteiger partial charge on any atom is 0.323 e. The minimum Gasteiger partial charge on any atom is -0.381 e. The molecule has 3 fully saturated rings. The fraction of sp³-hybridized carbons (Fsp3) is 0.452. The number of carbonyl (C=O) groups excluding carboxylic acids is 2. The monoisotopic (exact) mass is 586 g/mol. The number of aromatic nitrogens is 3. The van der Waals surface area contributed by atoms with Crippen molar-refractivity contribution in [2.45, 2.75) is 31.7 Å². The Balaban J connectivity index is 1.11. The Morgan fingerprint density at radius 1 is 0.837 bits per heavy atom. The van der Waals surface area contributed by atoms with Gasteiger partial charge >= 0.3 is 6.03 Å². The standard InChI is InChI=1S/C31H38N8O4/c1-21-20-32-12-13-39(21)29(40)24-4-8-26(9-5-24)34-31(41)33-25-6-2-22(3-7-25)27-35-28(23-10-16-42-17-11-23)37-30(36-27)38-14-18-43-19-15-38/h2-9,21,23,32H,10-20H2,1H3,(H2,33,34,41). The molecular weight excluding hydrogens is 548 g/mol. The molecule has 1 unspecified atom stereocenters. The Labute approximate surface area is 251 Å². The summed E-state index contributed by atoms with van der Waals surface area (Å²) in [7, 11) is 0. The largest absolute Gasteiger partial charge is 0.381 e. The molecule has 0 spiro atoms. The van der Waals surface area contributed by atoms with Gasteiger partial charge in [0.15, 0.2) is 5.82 Å². The van der Waals surface area contributed by atoms with Crippen molar-refractivity contribution in [1.29, 1.82) is 0 Å². The number of morpholine rings is 1. The number of nitrogens with one attached hydrogen (secondary N) is 3. The zero-order valence-corrected chi connectivity index (χ0v) is 24.4. The second-order valence-electron chi connectivity index (χ2n) is 11.1. The number of ether oxygens (including phenoxy) is 2. The predicted octanol–water partition coefficient (Wildman–Crippen LogP) is 3.35. The maximum atomic E-state index is 12.9. The lowest BCUT2D eigenvalue weighted by Crippen LogP contribution is -2.52. The first kappa shape index (κ1) is 29.0. The average molecular weight is 587 g/mol. The minimum absolute atomic E-state index is 0.000197. The molecule has 1 atom stereocenters. The van der Waals surface area contributed by atoms with E-state index in [0.717, 1.165) is 50.4 Å². The van der Waals surface area contributed by atoms with Gasteiger partial charge in [-0.3, -0.25) is 4.79 Å². The zero-order valence-electron chi connectivity index (χ0n) is 24.4. The van der Waals surface area contributed by atoms with Crippen LogP contribution in [0.15, 0.2) is 48.5 Å². The highest BCUT2D eigenvalue weighted by Gasteiger charge is 2.25. The van der Waals surface area contributed by atoms with Crippen LogP contribution in [0.25, 0.3) is 11.4 Å². The fourth-order valence-corrected chi connectivity index (χ4v) is 5.55. The van der Waals surface area contributed by atoms with Gasteiger partial charge in [0.1, 0.15) is 5.82 Å². The van der Waals surface area contributed by atoms with Crippen molar-refractivity contribution in [1.82, 2.24) is 25.2 Å². The van der Waals surface area contributed by atoms with E-state index >= 15 is 0 Å². The Kier molecular flexibility index (Phi) is 9.06. The van der Waals surface area contributed by atoms with Gasteiger partial charge in [-0.1, -0.05) is 0 Å². The third-order valence-electron chi connectivity index (χ3n) is 8.07. The fourth-order valence-electron chi connectivity index (χ4n) is 5.55. The van der Waals surface area contributed by atoms with Crippen LogP contribution in [0.2, 0.25) is 0 Å². The number of nitrogens with zero attached hydrogens (tertiary/aromatic N) is 5. The third-order valence-corrected chi connectivity index (χ3v) is 8.07. The highest BCUT2D eigenvalue weighted by molar-refractivity contribution is 6.00. The molecule has 0 saturated carbocycles. The molecule has 6 rings (SSSR count). The van der Waals surface area contributed by atoms with E-state index in [0.29, 0.717) is 61.7 Å². The van der Waals surface area contributed by atoms with Gasteiger partial charge in [-0.05, 0) is 68.3 Å². The summed E-state index contributed by atoms with van der Waals surface area (Å²) in [6, 6.07) is 14.2. The lowest BCUT2D eigenvalue weighted by molar-refractivity contribution is 0.0655. The Hall–Kier alpha value is -4.13. The van der Waals surface area contributed by atoms with Crippen molar-refractivity contribution in [3.05, 3.63) is 59.9 Å². The van der Waals surface area contributed by atoms with E-state index in [-0.39, 0.29) is 23.9 Å². The maximum absolute atomic E-state index is 12.9. The summed E-state index contributed by atoms with van der Waals surface area (Å²) in [5.41, 5.74) is 2.67. The van der Waals surface area contributed by atoms with Crippen LogP contribution in [0, 0.1) is 0 Å². The number of carbonyl (C=O) groups is 2. The van der Waals surface area contributed by atoms with Gasteiger partial charge in [0, 0.05) is 80.4 Å². The van der Waals surface area contributed by atoms with Gasteiger partial charge in [0.25, 0.3) is 5.91 Å². The molecule has 1 aromatic heterocycles. The number of anilines is 3. The quantitative estimate of drug-likeness (QED) is 0.398. The molecule has 12 heteroatoms. The highest BCUT2D eigenvalue weighted by Crippen LogP contribution is 2.28. The summed E-state index contributed by atoms with van der Waals surface area (Å²) < 4.78 is 11.1. The van der Waals surface area contributed by atoms with E-state index in [4.69, 9.17) is 24.4 Å². The molecule has 3 amide bonds. The summed E-state index contributed by atoms with van der Waals surface area (Å²) in [6.45, 7) is 8.48. The van der Waals surface area contributed by atoms with Crippen LogP contribution in [0.4, 0.5) is 22.1 Å². The van der Waals surface area contributed by atoms with Crippen LogP contribution in [0.5, 0.6) is 0 Å². The Morgan fingerprint density at radius 2 is 1.49 bits per heavy atom. The Morgan fingerprint density at radius 3 is 2.16 bits per heavy atom. The first-order valence-electron chi connectivity index (χ1n) is 15.0. The van der Waals surface area contributed by atoms with E-state index in [1.54, 1.807) is 24.3 Å². The van der Waals surface area contributed by atoms with E-state index in [1.165, 1.54) is 0 Å². The topological polar surface area (TPSA) is 134 Å². The molecule has 4 heterocycles. The van der Waals surface area contributed by atoms with Crippen LogP contribution in [-0.2, 0) is 9.47 Å². The summed E-state index contributed by atoms with van der Waals surface area (Å²) in [6.07, 6.45) is 1.77. The molecule has 3 aliphatic heterocycles. The van der Waals surface area contributed by atoms with Gasteiger partial charge in [0.05, 0.1) is 13.2 Å². The van der Waals surface area contributed by atoms with Crippen LogP contribution in [-0.4, -0.2) is 97.0 Å². The number of amides is 3. The SMILES string of the molecule is CC1CNCCN1C(=O)c1ccc(NC(=O)Nc2ccc(-c3nc(C4CCOCC4)nc(N4CCOCC4)n3)cc2)cc1. The molecule has 3 aliphatic rings. The zero-order chi connectivity index (χ0) is 29.6. The van der Waals surface area contributed by atoms with Gasteiger partial charge < -0.3 is 35.2 Å². The van der Waals surface area contributed by atoms with E-state index in [1.807, 2.05) is 36.1 Å². The molecule has 0 radical (unpaired) electrons. The van der Waals surface area contributed by atoms with Gasteiger partial charge in [-0.25, -0.2) is 9.78 Å². The molecule has 43 heavy (non-hydrogen) atoms. The van der Waals surface area contributed by atoms with Crippen molar-refractivity contribution in [3.63, 3.8) is 0 Å². The lowest BCUT2D eigenvalue weighted by atomic mass is 9.99. The molecule has 0 aliphatic carbocycles. The van der Waals surface area contributed by atoms with Crippen molar-refractivity contribution < 1.29 is 19.1 Å². The van der Waals surface area contributed by atoms with Crippen molar-refractivity contribution in [2.24, 2.45) is 0 Å². The smallest absolute Gasteiger partial charge is 0.323 e. The molecule has 2 aromatic carbocycles. The highest BCUT2D eigenvalue weighted by atomic mass is 16.5. The molecule has 0 bridgehead atoms. The Bertz CT molecular complexity index is 1370. The number of benzene rings is 2. The van der Waals surface area contributed by atoms with Crippen molar-refractivity contribution in [2.75, 3.05) is 74.7 Å². The normalized spacial score (nSPS) is 19.6. The molecular formula is C31H38N8O4. The number of urea groups is 1. The van der Waals surface area contributed by atoms with Crippen molar-refractivity contribution >= 4 is 29.3 Å². The number of piperazine rings is 1. The molecule has 3 N–H and O–H groups in total. The third kappa shape index (κ3) is 7.10. The molecule has 3 saturated heterocycles. The summed E-state index contributed by atoms with van der Waals surface area (Å²) >= 11 is 0. The molecule has 12 nitrogen and oxygen atoms in total. The number of hydrogen-bond acceptors (Lipinski definition) is 9. The van der Waals surface area contributed by atoms with Crippen LogP contribution in [0.1, 0.15) is 41.9 Å². The minimum atomic E-state index is -0.376. The van der Waals surface area contributed by atoms with Gasteiger partial charge in [-0.2, -0.15) is 9.97 Å². The second kappa shape index (κ2) is 13.4. The summed E-state index contributed by atoms with van der Waals surface area (Å²) in [5.74, 6) is 2.31. The van der Waals surface area contributed by atoms with E-state index in [9.17, 15) is 9.59 Å².